The van der Waals surface area contributed by atoms with Gasteiger partial charge in [0.15, 0.2) is 0 Å². The first-order chi connectivity index (χ1) is 25.7. The lowest BCUT2D eigenvalue weighted by molar-refractivity contribution is -0.276. The molecule has 0 amide bonds. The van der Waals surface area contributed by atoms with Crippen molar-refractivity contribution < 1.29 is 33.5 Å². The molecular formula is C45H54O7. The summed E-state index contributed by atoms with van der Waals surface area (Å²) >= 11 is 0. The summed E-state index contributed by atoms with van der Waals surface area (Å²) < 4.78 is 39.7. The zero-order valence-electron chi connectivity index (χ0n) is 30.7. The van der Waals surface area contributed by atoms with Crippen molar-refractivity contribution in [2.75, 3.05) is 19.8 Å². The fourth-order valence-electron chi connectivity index (χ4n) is 5.71. The average Bonchev–Trinajstić information content (AvgIpc) is 3.21. The molecule has 0 saturated carbocycles. The third-order valence-corrected chi connectivity index (χ3v) is 8.14. The fourth-order valence-corrected chi connectivity index (χ4v) is 5.71. The standard InChI is InChI=1S/C41H42O6.C2H6O.C2H6/c1-6-16-32(17-7-1)26-42-30-37-39(44-27-33-18-8-2-9-19-33)41(46-29-35-22-12-4-13-23-35)40(45-28-34-20-10-3-11-21-34)38(47-37)31-43-36-24-14-5-15-25-36;1-2-3;1-2/h1-25,37-41H,26-31H2;3H,2H2,1H3;1-2H3/t37-,38+,39-,40+,41+;;/m1../s1. The van der Waals surface area contributed by atoms with Gasteiger partial charge in [-0.05, 0) is 41.3 Å². The Hall–Kier alpha value is -4.34. The first-order valence-corrected chi connectivity index (χ1v) is 18.3. The summed E-state index contributed by atoms with van der Waals surface area (Å²) in [6, 6.07) is 50.4. The van der Waals surface area contributed by atoms with E-state index in [0.717, 1.165) is 28.0 Å². The molecule has 1 fully saturated rings. The van der Waals surface area contributed by atoms with Gasteiger partial charge in [0, 0.05) is 6.61 Å². The van der Waals surface area contributed by atoms with Gasteiger partial charge < -0.3 is 33.5 Å². The quantitative estimate of drug-likeness (QED) is 0.110. The summed E-state index contributed by atoms with van der Waals surface area (Å²) in [4.78, 5) is 0. The molecule has 0 bridgehead atoms. The van der Waals surface area contributed by atoms with Crippen LogP contribution in [0.5, 0.6) is 5.75 Å². The Kier molecular flexibility index (Phi) is 18.7. The van der Waals surface area contributed by atoms with E-state index >= 15 is 0 Å². The number of hydrogen-bond donors (Lipinski definition) is 1. The molecule has 7 heteroatoms. The second-order valence-corrected chi connectivity index (χ2v) is 11.9. The van der Waals surface area contributed by atoms with Crippen LogP contribution in [-0.2, 0) is 50.1 Å². The third kappa shape index (κ3) is 13.7. The Morgan fingerprint density at radius 1 is 0.462 bits per heavy atom. The summed E-state index contributed by atoms with van der Waals surface area (Å²) in [6.45, 7) is 8.16. The minimum atomic E-state index is -0.492. The molecule has 1 aliphatic rings. The predicted octanol–water partition coefficient (Wildman–Crippen LogP) is 8.83. The van der Waals surface area contributed by atoms with Crippen LogP contribution in [0.3, 0.4) is 0 Å². The second-order valence-electron chi connectivity index (χ2n) is 11.9. The molecule has 1 heterocycles. The molecule has 0 spiro atoms. The molecule has 7 nitrogen and oxygen atoms in total. The largest absolute Gasteiger partial charge is 0.491 e. The minimum absolute atomic E-state index is 0.250. The van der Waals surface area contributed by atoms with E-state index in [0.29, 0.717) is 33.0 Å². The zero-order valence-corrected chi connectivity index (χ0v) is 30.7. The van der Waals surface area contributed by atoms with Gasteiger partial charge in [-0.2, -0.15) is 0 Å². The van der Waals surface area contributed by atoms with Crippen LogP contribution >= 0.6 is 0 Å². The van der Waals surface area contributed by atoms with Crippen LogP contribution < -0.4 is 4.74 Å². The van der Waals surface area contributed by atoms with Gasteiger partial charge in [0.25, 0.3) is 0 Å². The van der Waals surface area contributed by atoms with Crippen LogP contribution in [0.15, 0.2) is 152 Å². The predicted molar refractivity (Wildman–Crippen MR) is 206 cm³/mol. The SMILES string of the molecule is CC.CCO.c1ccc(COC[C@H]2O[C@@H](COc3ccccc3)[C@H](OCc3ccccc3)[C@@H](OCc3ccccc3)[C@@H]2OCc2ccccc2)cc1. The fraction of sp³-hybridized carbons (Fsp3) is 0.333. The first kappa shape index (κ1) is 40.4. The van der Waals surface area contributed by atoms with E-state index in [4.69, 9.17) is 33.5 Å². The smallest absolute Gasteiger partial charge is 0.121 e. The molecule has 1 aliphatic heterocycles. The van der Waals surface area contributed by atoms with Gasteiger partial charge >= 0.3 is 0 Å². The Balaban J connectivity index is 0.00000115. The Morgan fingerprint density at radius 2 is 0.788 bits per heavy atom. The van der Waals surface area contributed by atoms with Gasteiger partial charge in [-0.1, -0.05) is 153 Å². The zero-order chi connectivity index (χ0) is 36.6. The van der Waals surface area contributed by atoms with Crippen molar-refractivity contribution >= 4 is 0 Å². The van der Waals surface area contributed by atoms with E-state index in [1.165, 1.54) is 0 Å². The van der Waals surface area contributed by atoms with Gasteiger partial charge in [-0.15, -0.1) is 0 Å². The third-order valence-electron chi connectivity index (χ3n) is 8.14. The summed E-state index contributed by atoms with van der Waals surface area (Å²) in [5, 5.41) is 7.57. The van der Waals surface area contributed by atoms with E-state index in [2.05, 4.69) is 48.5 Å². The molecule has 5 aromatic carbocycles. The van der Waals surface area contributed by atoms with E-state index in [1.807, 2.05) is 117 Å². The number of hydrogen-bond acceptors (Lipinski definition) is 7. The first-order valence-electron chi connectivity index (χ1n) is 18.3. The van der Waals surface area contributed by atoms with Crippen LogP contribution in [0.25, 0.3) is 0 Å². The van der Waals surface area contributed by atoms with Crippen molar-refractivity contribution in [1.29, 1.82) is 0 Å². The molecule has 1 saturated heterocycles. The lowest BCUT2D eigenvalue weighted by Gasteiger charge is -2.46. The summed E-state index contributed by atoms with van der Waals surface area (Å²) in [6.07, 6.45) is -2.35. The molecule has 5 atom stereocenters. The average molecular weight is 707 g/mol. The number of aliphatic hydroxyl groups excluding tert-OH is 1. The number of aliphatic hydroxyl groups is 1. The van der Waals surface area contributed by atoms with Crippen molar-refractivity contribution in [2.45, 2.75) is 77.7 Å². The molecule has 0 aliphatic carbocycles. The van der Waals surface area contributed by atoms with Crippen LogP contribution in [0.4, 0.5) is 0 Å². The summed E-state index contributed by atoms with van der Waals surface area (Å²) in [5.41, 5.74) is 4.29. The van der Waals surface area contributed by atoms with Crippen LogP contribution in [0.1, 0.15) is 43.0 Å². The van der Waals surface area contributed by atoms with Crippen LogP contribution in [0, 0.1) is 0 Å². The van der Waals surface area contributed by atoms with Crippen LogP contribution in [0.2, 0.25) is 0 Å². The highest BCUT2D eigenvalue weighted by atomic mass is 16.6. The monoisotopic (exact) mass is 706 g/mol. The Labute approximate surface area is 310 Å². The van der Waals surface area contributed by atoms with E-state index in [1.54, 1.807) is 6.92 Å². The van der Waals surface area contributed by atoms with E-state index in [9.17, 15) is 0 Å². The van der Waals surface area contributed by atoms with Gasteiger partial charge in [-0.25, -0.2) is 0 Å². The van der Waals surface area contributed by atoms with Gasteiger partial charge in [0.1, 0.15) is 42.9 Å². The molecule has 276 valence electrons. The maximum absolute atomic E-state index is 7.57. The highest BCUT2D eigenvalue weighted by Crippen LogP contribution is 2.31. The van der Waals surface area contributed by atoms with Crippen molar-refractivity contribution in [1.82, 2.24) is 0 Å². The lowest BCUT2D eigenvalue weighted by Crippen LogP contribution is -2.62. The lowest BCUT2D eigenvalue weighted by atomic mass is 9.94. The molecule has 52 heavy (non-hydrogen) atoms. The Morgan fingerprint density at radius 3 is 1.19 bits per heavy atom. The van der Waals surface area contributed by atoms with Gasteiger partial charge in [0.2, 0.25) is 0 Å². The molecule has 0 radical (unpaired) electrons. The van der Waals surface area contributed by atoms with Gasteiger partial charge in [-0.3, -0.25) is 0 Å². The van der Waals surface area contributed by atoms with Crippen molar-refractivity contribution in [2.24, 2.45) is 0 Å². The molecular weight excluding hydrogens is 652 g/mol. The van der Waals surface area contributed by atoms with Gasteiger partial charge in [0.05, 0.1) is 33.0 Å². The molecule has 0 unspecified atom stereocenters. The topological polar surface area (TPSA) is 75.6 Å². The summed E-state index contributed by atoms with van der Waals surface area (Å²) in [7, 11) is 0. The highest BCUT2D eigenvalue weighted by Gasteiger charge is 2.48. The molecule has 1 N–H and O–H groups in total. The molecule has 5 aromatic rings. The van der Waals surface area contributed by atoms with Crippen molar-refractivity contribution in [3.8, 4) is 5.75 Å². The molecule has 0 aromatic heterocycles. The molecule has 6 rings (SSSR count). The van der Waals surface area contributed by atoms with Crippen molar-refractivity contribution in [3.05, 3.63) is 174 Å². The van der Waals surface area contributed by atoms with E-state index in [-0.39, 0.29) is 13.2 Å². The maximum Gasteiger partial charge on any atom is 0.121 e. The van der Waals surface area contributed by atoms with E-state index < -0.39 is 30.5 Å². The second kappa shape index (κ2) is 24.0. The number of rotatable bonds is 16. The highest BCUT2D eigenvalue weighted by molar-refractivity contribution is 5.21. The number of para-hydroxylation sites is 1. The normalized spacial score (nSPS) is 19.3. The minimum Gasteiger partial charge on any atom is -0.491 e. The number of benzene rings is 5. The van der Waals surface area contributed by atoms with Crippen molar-refractivity contribution in [3.63, 3.8) is 0 Å². The maximum atomic E-state index is 7.57. The van der Waals surface area contributed by atoms with Crippen LogP contribution in [-0.4, -0.2) is 55.4 Å². The number of ether oxygens (including phenoxy) is 6. The Bertz CT molecular complexity index is 1570. The summed E-state index contributed by atoms with van der Waals surface area (Å²) in [5.74, 6) is 0.763.